The highest BCUT2D eigenvalue weighted by molar-refractivity contribution is 4.93. The number of hydrogen-bond acceptors (Lipinski definition) is 1. The molecule has 0 N–H and O–H groups in total. The van der Waals surface area contributed by atoms with E-state index in [4.69, 9.17) is 0 Å². The zero-order valence-electron chi connectivity index (χ0n) is 9.40. The molecular formula is C10H14F6O. The lowest BCUT2D eigenvalue weighted by atomic mass is 9.70. The lowest BCUT2D eigenvalue weighted by Crippen LogP contribution is -2.51. The van der Waals surface area contributed by atoms with Gasteiger partial charge in [-0.1, -0.05) is 6.92 Å². The first-order valence-electron chi connectivity index (χ1n) is 5.25. The number of halogens is 6. The van der Waals surface area contributed by atoms with Crippen molar-refractivity contribution in [3.8, 4) is 0 Å². The van der Waals surface area contributed by atoms with E-state index in [0.29, 0.717) is 0 Å². The van der Waals surface area contributed by atoms with E-state index in [2.05, 4.69) is 4.74 Å². The lowest BCUT2D eigenvalue weighted by Gasteiger charge is -2.42. The molecule has 1 aliphatic carbocycles. The molecule has 4 atom stereocenters. The van der Waals surface area contributed by atoms with Crippen molar-refractivity contribution in [3.05, 3.63) is 0 Å². The molecule has 0 heterocycles. The Morgan fingerprint density at radius 3 is 1.71 bits per heavy atom. The summed E-state index contributed by atoms with van der Waals surface area (Å²) in [5.74, 6) is -5.87. The molecule has 0 aromatic rings. The van der Waals surface area contributed by atoms with Gasteiger partial charge in [0.05, 0.1) is 17.9 Å². The largest absolute Gasteiger partial charge is 0.394 e. The molecule has 0 aliphatic heterocycles. The first-order valence-corrected chi connectivity index (χ1v) is 5.25. The highest BCUT2D eigenvalue weighted by Gasteiger charge is 2.61. The summed E-state index contributed by atoms with van der Waals surface area (Å²) in [7, 11) is 1.02. The predicted octanol–water partition coefficient (Wildman–Crippen LogP) is 3.79. The second kappa shape index (κ2) is 4.66. The van der Waals surface area contributed by atoms with Crippen molar-refractivity contribution in [2.24, 2.45) is 17.8 Å². The molecule has 0 amide bonds. The molecule has 1 saturated carbocycles. The molecule has 102 valence electrons. The molecule has 0 spiro atoms. The van der Waals surface area contributed by atoms with Crippen molar-refractivity contribution in [3.63, 3.8) is 0 Å². The third-order valence-electron chi connectivity index (χ3n) is 3.37. The molecular weight excluding hydrogens is 250 g/mol. The van der Waals surface area contributed by atoms with Gasteiger partial charge in [0, 0.05) is 7.11 Å². The summed E-state index contributed by atoms with van der Waals surface area (Å²) in [6.07, 6.45) is -11.0. The van der Waals surface area contributed by atoms with E-state index < -0.39 is 36.2 Å². The van der Waals surface area contributed by atoms with Crippen LogP contribution in [0.3, 0.4) is 0 Å². The fourth-order valence-electron chi connectivity index (χ4n) is 2.58. The van der Waals surface area contributed by atoms with Crippen LogP contribution in [-0.2, 0) is 4.74 Å². The van der Waals surface area contributed by atoms with E-state index in [-0.39, 0.29) is 12.8 Å². The Hall–Kier alpha value is -0.460. The first-order chi connectivity index (χ1) is 7.59. The van der Waals surface area contributed by atoms with Crippen molar-refractivity contribution in [1.82, 2.24) is 0 Å². The molecule has 0 radical (unpaired) electrons. The highest BCUT2D eigenvalue weighted by atomic mass is 19.4. The Labute approximate surface area is 95.1 Å². The van der Waals surface area contributed by atoms with Crippen LogP contribution in [0.2, 0.25) is 0 Å². The topological polar surface area (TPSA) is 9.23 Å². The Bertz CT molecular complexity index is 259. The maximum Gasteiger partial charge on any atom is 0.394 e. The normalized spacial score (nSPS) is 36.0. The summed E-state index contributed by atoms with van der Waals surface area (Å²) in [6.45, 7) is 1.21. The van der Waals surface area contributed by atoms with Gasteiger partial charge in [0.2, 0.25) is 0 Å². The zero-order valence-corrected chi connectivity index (χ0v) is 9.40. The summed E-state index contributed by atoms with van der Waals surface area (Å²) >= 11 is 0. The minimum Gasteiger partial charge on any atom is -0.381 e. The SMILES string of the molecule is COC1CCC(C)C(C(F)(F)F)C1C(F)(F)F. The fourth-order valence-corrected chi connectivity index (χ4v) is 2.58. The van der Waals surface area contributed by atoms with E-state index in [1.54, 1.807) is 0 Å². The van der Waals surface area contributed by atoms with Crippen LogP contribution in [0.1, 0.15) is 19.8 Å². The van der Waals surface area contributed by atoms with E-state index in [1.165, 1.54) is 6.92 Å². The van der Waals surface area contributed by atoms with Crippen molar-refractivity contribution < 1.29 is 31.1 Å². The van der Waals surface area contributed by atoms with E-state index in [1.807, 2.05) is 0 Å². The van der Waals surface area contributed by atoms with Gasteiger partial charge in [0.25, 0.3) is 0 Å². The summed E-state index contributed by atoms with van der Waals surface area (Å²) in [5.41, 5.74) is 0. The maximum atomic E-state index is 12.8. The molecule has 1 aliphatic rings. The van der Waals surface area contributed by atoms with E-state index >= 15 is 0 Å². The van der Waals surface area contributed by atoms with Crippen molar-refractivity contribution >= 4 is 0 Å². The highest BCUT2D eigenvalue weighted by Crippen LogP contribution is 2.51. The Morgan fingerprint density at radius 2 is 1.35 bits per heavy atom. The number of methoxy groups -OCH3 is 1. The zero-order chi connectivity index (χ0) is 13.4. The van der Waals surface area contributed by atoms with Crippen LogP contribution in [0.25, 0.3) is 0 Å². The van der Waals surface area contributed by atoms with Crippen LogP contribution in [0, 0.1) is 17.8 Å². The van der Waals surface area contributed by atoms with E-state index in [0.717, 1.165) is 7.11 Å². The van der Waals surface area contributed by atoms with Gasteiger partial charge in [-0.2, -0.15) is 26.3 Å². The Balaban J connectivity index is 3.09. The molecule has 1 nitrogen and oxygen atoms in total. The summed E-state index contributed by atoms with van der Waals surface area (Å²) in [4.78, 5) is 0. The second-order valence-electron chi connectivity index (χ2n) is 4.46. The van der Waals surface area contributed by atoms with Gasteiger partial charge < -0.3 is 4.74 Å². The lowest BCUT2D eigenvalue weighted by molar-refractivity contribution is -0.294. The summed E-state index contributed by atoms with van der Waals surface area (Å²) < 4.78 is 81.0. The van der Waals surface area contributed by atoms with Crippen molar-refractivity contribution in [2.45, 2.75) is 38.2 Å². The Morgan fingerprint density at radius 1 is 0.882 bits per heavy atom. The molecule has 7 heteroatoms. The third-order valence-corrected chi connectivity index (χ3v) is 3.37. The van der Waals surface area contributed by atoms with Gasteiger partial charge in [-0.25, -0.2) is 0 Å². The number of hydrogen-bond donors (Lipinski definition) is 0. The molecule has 4 unspecified atom stereocenters. The average molecular weight is 264 g/mol. The third kappa shape index (κ3) is 3.05. The van der Waals surface area contributed by atoms with Gasteiger partial charge in [0.15, 0.2) is 0 Å². The van der Waals surface area contributed by atoms with Crippen LogP contribution in [0.4, 0.5) is 26.3 Å². The molecule has 1 fully saturated rings. The first kappa shape index (κ1) is 14.6. The summed E-state index contributed by atoms with van der Waals surface area (Å²) in [5, 5.41) is 0. The molecule has 0 aromatic heterocycles. The van der Waals surface area contributed by atoms with Gasteiger partial charge in [-0.15, -0.1) is 0 Å². The number of ether oxygens (including phenoxy) is 1. The minimum absolute atomic E-state index is 0.00836. The quantitative estimate of drug-likeness (QED) is 0.655. The average Bonchev–Trinajstić information content (AvgIpc) is 2.13. The molecule has 0 bridgehead atoms. The standard InChI is InChI=1S/C10H14F6O/c1-5-3-4-6(17-2)8(10(14,15)16)7(5)9(11,12)13/h5-8H,3-4H2,1-2H3. The molecule has 17 heavy (non-hydrogen) atoms. The molecule has 1 rings (SSSR count). The van der Waals surface area contributed by atoms with Crippen LogP contribution < -0.4 is 0 Å². The van der Waals surface area contributed by atoms with Crippen molar-refractivity contribution in [1.29, 1.82) is 0 Å². The molecule has 0 aromatic carbocycles. The van der Waals surface area contributed by atoms with Gasteiger partial charge >= 0.3 is 12.4 Å². The van der Waals surface area contributed by atoms with Gasteiger partial charge in [0.1, 0.15) is 0 Å². The van der Waals surface area contributed by atoms with Crippen LogP contribution >= 0.6 is 0 Å². The van der Waals surface area contributed by atoms with Crippen molar-refractivity contribution in [2.75, 3.05) is 7.11 Å². The van der Waals surface area contributed by atoms with Crippen LogP contribution in [0.15, 0.2) is 0 Å². The van der Waals surface area contributed by atoms with Gasteiger partial charge in [-0.05, 0) is 18.8 Å². The number of alkyl halides is 6. The van der Waals surface area contributed by atoms with Gasteiger partial charge in [-0.3, -0.25) is 0 Å². The van der Waals surface area contributed by atoms with E-state index in [9.17, 15) is 26.3 Å². The molecule has 0 saturated heterocycles. The minimum atomic E-state index is -4.89. The number of rotatable bonds is 1. The Kier molecular flexibility index (Phi) is 4.01. The maximum absolute atomic E-state index is 12.8. The summed E-state index contributed by atoms with van der Waals surface area (Å²) in [6, 6.07) is 0. The van der Waals surface area contributed by atoms with Crippen LogP contribution in [0.5, 0.6) is 0 Å². The van der Waals surface area contributed by atoms with Crippen LogP contribution in [-0.4, -0.2) is 25.6 Å². The second-order valence-corrected chi connectivity index (χ2v) is 4.46. The monoisotopic (exact) mass is 264 g/mol. The predicted molar refractivity (Wildman–Crippen MR) is 48.3 cm³/mol. The fraction of sp³-hybridized carbons (Fsp3) is 1.00. The smallest absolute Gasteiger partial charge is 0.381 e.